The lowest BCUT2D eigenvalue weighted by Crippen LogP contribution is -2.17. The second-order valence-corrected chi connectivity index (χ2v) is 3.96. The van der Waals surface area contributed by atoms with Gasteiger partial charge in [0.25, 0.3) is 5.91 Å². The fraction of sp³-hybridized carbons (Fsp3) is 0.0909. The third-order valence-corrected chi connectivity index (χ3v) is 2.33. The van der Waals surface area contributed by atoms with E-state index in [1.807, 2.05) is 0 Å². The summed E-state index contributed by atoms with van der Waals surface area (Å²) in [5.74, 6) is -3.67. The van der Waals surface area contributed by atoms with Crippen LogP contribution < -0.4 is 5.32 Å². The number of rotatable bonds is 2. The Labute approximate surface area is 111 Å². The Hall–Kier alpha value is -2.15. The number of halogens is 3. The van der Waals surface area contributed by atoms with E-state index in [1.54, 1.807) is 6.92 Å². The number of carbonyl (C=O) groups is 1. The fourth-order valence-corrected chi connectivity index (χ4v) is 1.59. The molecule has 0 radical (unpaired) electrons. The van der Waals surface area contributed by atoms with Gasteiger partial charge in [-0.1, -0.05) is 11.6 Å². The molecule has 8 heteroatoms. The molecule has 0 aliphatic heterocycles. The Morgan fingerprint density at radius 3 is 2.79 bits per heavy atom. The van der Waals surface area contributed by atoms with Gasteiger partial charge in [0.1, 0.15) is 5.15 Å². The molecule has 2 aromatic rings. The second kappa shape index (κ2) is 5.23. The highest BCUT2D eigenvalue weighted by Crippen LogP contribution is 2.13. The number of nitrogens with zero attached hydrogens (tertiary/aromatic N) is 3. The maximum absolute atomic E-state index is 13.3. The Morgan fingerprint density at radius 1 is 1.37 bits per heavy atom. The Kier molecular flexibility index (Phi) is 3.66. The lowest BCUT2D eigenvalue weighted by atomic mass is 10.2. The van der Waals surface area contributed by atoms with Crippen LogP contribution in [0.3, 0.4) is 0 Å². The maximum Gasteiger partial charge on any atom is 0.261 e. The van der Waals surface area contributed by atoms with Crippen molar-refractivity contribution in [2.24, 2.45) is 0 Å². The van der Waals surface area contributed by atoms with Crippen LogP contribution in [-0.4, -0.2) is 20.9 Å². The summed E-state index contributed by atoms with van der Waals surface area (Å²) in [5.41, 5.74) is 0.0328. The fourth-order valence-electron chi connectivity index (χ4n) is 1.35. The molecule has 0 fully saturated rings. The lowest BCUT2D eigenvalue weighted by molar-refractivity contribution is 0.102. The number of hydrogen-bond donors (Lipinski definition) is 1. The number of carbonyl (C=O) groups excluding carboxylic acids is 1. The Bertz CT molecular complexity index is 630. The van der Waals surface area contributed by atoms with Gasteiger partial charge in [0.15, 0.2) is 5.82 Å². The van der Waals surface area contributed by atoms with Crippen molar-refractivity contribution < 1.29 is 13.6 Å². The highest BCUT2D eigenvalue weighted by atomic mass is 35.5. The molecule has 0 unspecified atom stereocenters. The SMILES string of the molecule is Cc1cc(Cl)nc(NC(=O)c2ccnc(F)c2F)n1. The van der Waals surface area contributed by atoms with Crippen molar-refractivity contribution in [3.8, 4) is 0 Å². The van der Waals surface area contributed by atoms with Crippen molar-refractivity contribution in [1.82, 2.24) is 15.0 Å². The number of aryl methyl sites for hydroxylation is 1. The third kappa shape index (κ3) is 3.00. The summed E-state index contributed by atoms with van der Waals surface area (Å²) in [5, 5.41) is 2.36. The van der Waals surface area contributed by atoms with Crippen LogP contribution in [0.5, 0.6) is 0 Å². The van der Waals surface area contributed by atoms with Gasteiger partial charge in [0.05, 0.1) is 5.56 Å². The monoisotopic (exact) mass is 284 g/mol. The number of anilines is 1. The molecule has 98 valence electrons. The summed E-state index contributed by atoms with van der Waals surface area (Å²) in [6, 6.07) is 2.54. The number of hydrogen-bond acceptors (Lipinski definition) is 4. The zero-order chi connectivity index (χ0) is 14.0. The molecule has 0 bridgehead atoms. The molecule has 1 amide bonds. The van der Waals surface area contributed by atoms with Crippen molar-refractivity contribution in [2.75, 3.05) is 5.32 Å². The predicted molar refractivity (Wildman–Crippen MR) is 63.9 cm³/mol. The molecular weight excluding hydrogens is 278 g/mol. The number of nitrogens with one attached hydrogen (secondary N) is 1. The minimum Gasteiger partial charge on any atom is -0.290 e. The highest BCUT2D eigenvalue weighted by molar-refractivity contribution is 6.29. The predicted octanol–water partition coefficient (Wildman–Crippen LogP) is 2.36. The average molecular weight is 285 g/mol. The van der Waals surface area contributed by atoms with Gasteiger partial charge >= 0.3 is 0 Å². The number of amides is 1. The van der Waals surface area contributed by atoms with Gasteiger partial charge in [-0.15, -0.1) is 0 Å². The van der Waals surface area contributed by atoms with E-state index in [0.29, 0.717) is 5.69 Å². The van der Waals surface area contributed by atoms with Crippen molar-refractivity contribution in [2.45, 2.75) is 6.92 Å². The van der Waals surface area contributed by atoms with Crippen molar-refractivity contribution in [3.63, 3.8) is 0 Å². The average Bonchev–Trinajstić information content (AvgIpc) is 2.31. The molecule has 0 aliphatic carbocycles. The van der Waals surface area contributed by atoms with Crippen LogP contribution in [0.2, 0.25) is 5.15 Å². The van der Waals surface area contributed by atoms with Crippen LogP contribution in [-0.2, 0) is 0 Å². The van der Waals surface area contributed by atoms with Crippen LogP contribution in [0.1, 0.15) is 16.1 Å². The van der Waals surface area contributed by atoms with Gasteiger partial charge < -0.3 is 0 Å². The molecule has 0 atom stereocenters. The van der Waals surface area contributed by atoms with Gasteiger partial charge in [-0.05, 0) is 19.1 Å². The van der Waals surface area contributed by atoms with Crippen molar-refractivity contribution in [3.05, 3.63) is 46.5 Å². The molecule has 19 heavy (non-hydrogen) atoms. The first-order valence-corrected chi connectivity index (χ1v) is 5.47. The van der Waals surface area contributed by atoms with E-state index in [4.69, 9.17) is 11.6 Å². The van der Waals surface area contributed by atoms with Crippen LogP contribution in [0.25, 0.3) is 0 Å². The highest BCUT2D eigenvalue weighted by Gasteiger charge is 2.17. The molecule has 1 N–H and O–H groups in total. The quantitative estimate of drug-likeness (QED) is 0.679. The molecule has 5 nitrogen and oxygen atoms in total. The zero-order valence-corrected chi connectivity index (χ0v) is 10.4. The van der Waals surface area contributed by atoms with E-state index >= 15 is 0 Å². The van der Waals surface area contributed by atoms with Gasteiger partial charge in [-0.2, -0.15) is 4.39 Å². The van der Waals surface area contributed by atoms with Crippen molar-refractivity contribution >= 4 is 23.5 Å². The van der Waals surface area contributed by atoms with Crippen LogP contribution in [0, 0.1) is 18.7 Å². The summed E-state index contributed by atoms with van der Waals surface area (Å²) in [6.07, 6.45) is 0.984. The van der Waals surface area contributed by atoms with E-state index < -0.39 is 23.2 Å². The van der Waals surface area contributed by atoms with Crippen LogP contribution >= 0.6 is 11.6 Å². The molecular formula is C11H7ClF2N4O. The third-order valence-electron chi connectivity index (χ3n) is 2.14. The second-order valence-electron chi connectivity index (χ2n) is 3.57. The van der Waals surface area contributed by atoms with Gasteiger partial charge in [-0.25, -0.2) is 19.3 Å². The summed E-state index contributed by atoms with van der Waals surface area (Å²) >= 11 is 5.69. The van der Waals surface area contributed by atoms with Crippen molar-refractivity contribution in [1.29, 1.82) is 0 Å². The topological polar surface area (TPSA) is 67.8 Å². The Morgan fingerprint density at radius 2 is 2.11 bits per heavy atom. The van der Waals surface area contributed by atoms with E-state index in [-0.39, 0.29) is 11.1 Å². The molecule has 0 saturated carbocycles. The first-order chi connectivity index (χ1) is 8.97. The van der Waals surface area contributed by atoms with Gasteiger partial charge in [0.2, 0.25) is 11.9 Å². The first-order valence-electron chi connectivity index (χ1n) is 5.10. The maximum atomic E-state index is 13.3. The summed E-state index contributed by atoms with van der Waals surface area (Å²) in [6.45, 7) is 1.65. The van der Waals surface area contributed by atoms with E-state index in [0.717, 1.165) is 12.3 Å². The lowest BCUT2D eigenvalue weighted by Gasteiger charge is -2.05. The zero-order valence-electron chi connectivity index (χ0n) is 9.62. The van der Waals surface area contributed by atoms with Crippen LogP contribution in [0.15, 0.2) is 18.3 Å². The molecule has 2 aromatic heterocycles. The smallest absolute Gasteiger partial charge is 0.261 e. The minimum absolute atomic E-state index is 0.0911. The number of pyridine rings is 1. The van der Waals surface area contributed by atoms with E-state index in [1.165, 1.54) is 6.07 Å². The molecule has 0 aliphatic rings. The molecule has 0 spiro atoms. The summed E-state index contributed by atoms with van der Waals surface area (Å²) in [4.78, 5) is 22.5. The largest absolute Gasteiger partial charge is 0.290 e. The van der Waals surface area contributed by atoms with E-state index in [2.05, 4.69) is 20.3 Å². The Balaban J connectivity index is 2.28. The number of aromatic nitrogens is 3. The van der Waals surface area contributed by atoms with E-state index in [9.17, 15) is 13.6 Å². The summed E-state index contributed by atoms with van der Waals surface area (Å²) < 4.78 is 26.2. The van der Waals surface area contributed by atoms with Gasteiger partial charge in [-0.3, -0.25) is 10.1 Å². The summed E-state index contributed by atoms with van der Waals surface area (Å²) in [7, 11) is 0. The van der Waals surface area contributed by atoms with Gasteiger partial charge in [0, 0.05) is 11.9 Å². The molecule has 0 aromatic carbocycles. The molecule has 2 heterocycles. The first kappa shape index (κ1) is 13.3. The minimum atomic E-state index is -1.35. The standard InChI is InChI=1S/C11H7ClF2N4O/c1-5-4-7(12)17-11(16-5)18-10(19)6-2-3-15-9(14)8(6)13/h2-4H,1H3,(H,16,17,18,19). The molecule has 2 rings (SSSR count). The van der Waals surface area contributed by atoms with Crippen LogP contribution in [0.4, 0.5) is 14.7 Å². The molecule has 0 saturated heterocycles. The normalized spacial score (nSPS) is 10.3.